The molecule has 0 saturated carbocycles. The zero-order chi connectivity index (χ0) is 12.5. The lowest BCUT2D eigenvalue weighted by molar-refractivity contribution is 0.101. The molecule has 0 unspecified atom stereocenters. The fourth-order valence-electron chi connectivity index (χ4n) is 2.02. The highest BCUT2D eigenvalue weighted by atomic mass is 16.3. The van der Waals surface area contributed by atoms with E-state index in [-0.39, 0.29) is 5.78 Å². The number of hydrogen-bond acceptors (Lipinski definition) is 2. The highest BCUT2D eigenvalue weighted by Crippen LogP contribution is 2.28. The average Bonchev–Trinajstić information content (AvgIpc) is 2.82. The van der Waals surface area contributed by atoms with E-state index >= 15 is 0 Å². The molecular weight excluding hydrogens is 224 g/mol. The molecule has 1 aromatic heterocycles. The molecule has 0 aliphatic heterocycles. The van der Waals surface area contributed by atoms with Crippen molar-refractivity contribution in [3.8, 4) is 11.3 Å². The molecule has 0 amide bonds. The summed E-state index contributed by atoms with van der Waals surface area (Å²) in [6.07, 6.45) is 0. The van der Waals surface area contributed by atoms with E-state index in [4.69, 9.17) is 4.42 Å². The van der Waals surface area contributed by atoms with E-state index in [9.17, 15) is 4.79 Å². The summed E-state index contributed by atoms with van der Waals surface area (Å²) in [5, 5.41) is 1.07. The Hall–Kier alpha value is -2.35. The smallest absolute Gasteiger partial charge is 0.159 e. The Bertz CT molecular complexity index is 690. The van der Waals surface area contributed by atoms with Gasteiger partial charge in [0, 0.05) is 16.5 Å². The van der Waals surface area contributed by atoms with Crippen molar-refractivity contribution < 1.29 is 9.21 Å². The maximum absolute atomic E-state index is 11.4. The van der Waals surface area contributed by atoms with Gasteiger partial charge in [-0.15, -0.1) is 0 Å². The summed E-state index contributed by atoms with van der Waals surface area (Å²) in [5.74, 6) is 0.854. The normalized spacial score (nSPS) is 10.7. The van der Waals surface area contributed by atoms with Crippen LogP contribution in [-0.4, -0.2) is 5.78 Å². The quantitative estimate of drug-likeness (QED) is 0.621. The van der Waals surface area contributed by atoms with Crippen molar-refractivity contribution >= 4 is 16.8 Å². The lowest BCUT2D eigenvalue weighted by Crippen LogP contribution is -1.91. The number of para-hydroxylation sites is 1. The van der Waals surface area contributed by atoms with Gasteiger partial charge >= 0.3 is 0 Å². The van der Waals surface area contributed by atoms with E-state index < -0.39 is 0 Å². The van der Waals surface area contributed by atoms with Crippen LogP contribution in [0.1, 0.15) is 17.3 Å². The Kier molecular flexibility index (Phi) is 2.49. The van der Waals surface area contributed by atoms with E-state index in [0.29, 0.717) is 5.56 Å². The van der Waals surface area contributed by atoms with Gasteiger partial charge in [0.25, 0.3) is 0 Å². The minimum absolute atomic E-state index is 0.0629. The predicted molar refractivity (Wildman–Crippen MR) is 71.7 cm³/mol. The van der Waals surface area contributed by atoms with Crippen LogP contribution in [0.2, 0.25) is 0 Å². The van der Waals surface area contributed by atoms with Gasteiger partial charge in [0.05, 0.1) is 0 Å². The van der Waals surface area contributed by atoms with Crippen molar-refractivity contribution in [2.75, 3.05) is 0 Å². The molecule has 0 N–H and O–H groups in total. The van der Waals surface area contributed by atoms with Gasteiger partial charge in [-0.1, -0.05) is 36.4 Å². The van der Waals surface area contributed by atoms with Crippen molar-refractivity contribution in [2.45, 2.75) is 6.92 Å². The van der Waals surface area contributed by atoms with Crippen molar-refractivity contribution in [2.24, 2.45) is 0 Å². The average molecular weight is 236 g/mol. The van der Waals surface area contributed by atoms with E-state index in [1.54, 1.807) is 6.92 Å². The van der Waals surface area contributed by atoms with Crippen molar-refractivity contribution in [1.82, 2.24) is 0 Å². The molecular formula is C16H12O2. The predicted octanol–water partition coefficient (Wildman–Crippen LogP) is 4.30. The molecule has 0 aliphatic carbocycles. The van der Waals surface area contributed by atoms with E-state index in [1.165, 1.54) is 0 Å². The minimum atomic E-state index is 0.0629. The third-order valence-electron chi connectivity index (χ3n) is 2.98. The highest BCUT2D eigenvalue weighted by molar-refractivity contribution is 5.95. The van der Waals surface area contributed by atoms with Crippen LogP contribution in [0.5, 0.6) is 0 Å². The second-order valence-corrected chi connectivity index (χ2v) is 4.29. The summed E-state index contributed by atoms with van der Waals surface area (Å²) < 4.78 is 5.78. The first kappa shape index (κ1) is 10.8. The molecule has 2 heteroatoms. The molecule has 3 aromatic rings. The number of carbonyl (C=O) groups excluding carboxylic acids is 1. The number of furan rings is 1. The summed E-state index contributed by atoms with van der Waals surface area (Å²) in [6.45, 7) is 1.57. The summed E-state index contributed by atoms with van der Waals surface area (Å²) in [4.78, 5) is 11.4. The van der Waals surface area contributed by atoms with Gasteiger partial charge in [-0.2, -0.15) is 0 Å². The Morgan fingerprint density at radius 1 is 1.00 bits per heavy atom. The second kappa shape index (κ2) is 4.15. The van der Waals surface area contributed by atoms with Crippen LogP contribution >= 0.6 is 0 Å². The van der Waals surface area contributed by atoms with Crippen molar-refractivity contribution in [1.29, 1.82) is 0 Å². The van der Waals surface area contributed by atoms with Crippen molar-refractivity contribution in [3.63, 3.8) is 0 Å². The van der Waals surface area contributed by atoms with Crippen LogP contribution in [0.4, 0.5) is 0 Å². The number of ketones is 1. The molecule has 2 aromatic carbocycles. The minimum Gasteiger partial charge on any atom is -0.456 e. The van der Waals surface area contributed by atoms with Gasteiger partial charge in [0.2, 0.25) is 0 Å². The zero-order valence-electron chi connectivity index (χ0n) is 10.0. The maximum atomic E-state index is 11.4. The molecule has 0 spiro atoms. The Morgan fingerprint density at radius 3 is 2.61 bits per heavy atom. The molecule has 1 heterocycles. The summed E-state index contributed by atoms with van der Waals surface area (Å²) in [5.41, 5.74) is 2.49. The fraction of sp³-hybridized carbons (Fsp3) is 0.0625. The SMILES string of the molecule is CC(=O)c1cccc(-c2cc3ccccc3o2)c1. The van der Waals surface area contributed by atoms with Crippen LogP contribution in [0.15, 0.2) is 59.0 Å². The van der Waals surface area contributed by atoms with Crippen LogP contribution in [0, 0.1) is 0 Å². The number of benzene rings is 2. The molecule has 88 valence electrons. The number of fused-ring (bicyclic) bond motifs is 1. The first-order valence-electron chi connectivity index (χ1n) is 5.84. The van der Waals surface area contributed by atoms with Crippen LogP contribution in [-0.2, 0) is 0 Å². The third-order valence-corrected chi connectivity index (χ3v) is 2.98. The van der Waals surface area contributed by atoms with Crippen LogP contribution in [0.25, 0.3) is 22.3 Å². The van der Waals surface area contributed by atoms with Gasteiger partial charge < -0.3 is 4.42 Å². The van der Waals surface area contributed by atoms with Crippen molar-refractivity contribution in [3.05, 3.63) is 60.2 Å². The Labute approximate surface area is 105 Å². The second-order valence-electron chi connectivity index (χ2n) is 4.29. The van der Waals surface area contributed by atoms with E-state index in [0.717, 1.165) is 22.3 Å². The molecule has 0 atom stereocenters. The number of rotatable bonds is 2. The monoisotopic (exact) mass is 236 g/mol. The molecule has 18 heavy (non-hydrogen) atoms. The standard InChI is InChI=1S/C16H12O2/c1-11(17)12-6-4-7-13(9-12)16-10-14-5-2-3-8-15(14)18-16/h2-10H,1H3. The molecule has 0 radical (unpaired) electrons. The number of carbonyl (C=O) groups is 1. The van der Waals surface area contributed by atoms with Gasteiger partial charge in [0.15, 0.2) is 5.78 Å². The largest absolute Gasteiger partial charge is 0.456 e. The lowest BCUT2D eigenvalue weighted by atomic mass is 10.1. The van der Waals surface area contributed by atoms with Gasteiger partial charge in [-0.25, -0.2) is 0 Å². The lowest BCUT2D eigenvalue weighted by Gasteiger charge is -1.99. The third kappa shape index (κ3) is 1.82. The Balaban J connectivity index is 2.13. The molecule has 2 nitrogen and oxygen atoms in total. The fourth-order valence-corrected chi connectivity index (χ4v) is 2.02. The van der Waals surface area contributed by atoms with Gasteiger partial charge in [-0.05, 0) is 25.1 Å². The summed E-state index contributed by atoms with van der Waals surface area (Å²) in [7, 11) is 0. The summed E-state index contributed by atoms with van der Waals surface area (Å²) >= 11 is 0. The molecule has 0 bridgehead atoms. The molecule has 0 fully saturated rings. The first-order valence-corrected chi connectivity index (χ1v) is 5.84. The zero-order valence-corrected chi connectivity index (χ0v) is 10.0. The number of Topliss-reactive ketones (excluding diaryl/α,β-unsaturated/α-hetero) is 1. The van der Waals surface area contributed by atoms with E-state index in [1.807, 2.05) is 54.6 Å². The molecule has 0 aliphatic rings. The van der Waals surface area contributed by atoms with Crippen LogP contribution in [0.3, 0.4) is 0 Å². The first-order chi connectivity index (χ1) is 8.74. The Morgan fingerprint density at radius 2 is 1.83 bits per heavy atom. The summed E-state index contributed by atoms with van der Waals surface area (Å²) in [6, 6.07) is 17.4. The highest BCUT2D eigenvalue weighted by Gasteiger charge is 2.07. The number of hydrogen-bond donors (Lipinski definition) is 0. The topological polar surface area (TPSA) is 30.2 Å². The maximum Gasteiger partial charge on any atom is 0.159 e. The molecule has 3 rings (SSSR count). The van der Waals surface area contributed by atoms with Crippen LogP contribution < -0.4 is 0 Å². The molecule has 0 saturated heterocycles. The van der Waals surface area contributed by atoms with E-state index in [2.05, 4.69) is 0 Å². The van der Waals surface area contributed by atoms with Gasteiger partial charge in [0.1, 0.15) is 11.3 Å². The van der Waals surface area contributed by atoms with Gasteiger partial charge in [-0.3, -0.25) is 4.79 Å².